The van der Waals surface area contributed by atoms with Gasteiger partial charge in [-0.2, -0.15) is 5.10 Å². The molecule has 1 aliphatic heterocycles. The Hall–Kier alpha value is -3.29. The van der Waals surface area contributed by atoms with E-state index in [-0.39, 0.29) is 17.2 Å². The fourth-order valence-corrected chi connectivity index (χ4v) is 3.30. The van der Waals surface area contributed by atoms with E-state index in [1.165, 1.54) is 17.7 Å². The molecule has 3 aromatic rings. The smallest absolute Gasteiger partial charge is 0.274 e. The van der Waals surface area contributed by atoms with Crippen LogP contribution in [0.1, 0.15) is 27.7 Å². The van der Waals surface area contributed by atoms with E-state index in [9.17, 15) is 9.59 Å². The van der Waals surface area contributed by atoms with Crippen LogP contribution in [0.4, 0.5) is 0 Å². The Kier molecular flexibility index (Phi) is 4.78. The number of hydrogen-bond donors (Lipinski definition) is 1. The summed E-state index contributed by atoms with van der Waals surface area (Å²) < 4.78 is 2.12. The molecule has 0 bridgehead atoms. The van der Waals surface area contributed by atoms with E-state index < -0.39 is 0 Å². The molecule has 0 atom stereocenters. The van der Waals surface area contributed by atoms with Gasteiger partial charge < -0.3 is 9.47 Å². The van der Waals surface area contributed by atoms with E-state index in [1.807, 2.05) is 18.2 Å². The number of carbonyl (C=O) groups is 1. The Balaban J connectivity index is 1.44. The number of nitrogens with one attached hydrogen (secondary N) is 1. The number of aromatic amines is 1. The van der Waals surface area contributed by atoms with Gasteiger partial charge in [-0.1, -0.05) is 30.3 Å². The fraction of sp³-hybridized carbons (Fsp3) is 0.316. The van der Waals surface area contributed by atoms with Crippen LogP contribution >= 0.6 is 0 Å². The summed E-state index contributed by atoms with van der Waals surface area (Å²) in [6, 6.07) is 13.1. The molecule has 0 fully saturated rings. The van der Waals surface area contributed by atoms with Gasteiger partial charge >= 0.3 is 0 Å². The Morgan fingerprint density at radius 1 is 1.00 bits per heavy atom. The quantitative estimate of drug-likeness (QED) is 0.740. The number of aryl methyl sites for hydroxylation is 2. The number of aromatic nitrogens is 5. The second-order valence-corrected chi connectivity index (χ2v) is 6.52. The van der Waals surface area contributed by atoms with E-state index in [2.05, 4.69) is 37.1 Å². The molecule has 8 heteroatoms. The van der Waals surface area contributed by atoms with E-state index in [0.29, 0.717) is 26.1 Å². The molecule has 1 aromatic carbocycles. The molecule has 0 radical (unpaired) electrons. The number of amides is 1. The Bertz CT molecular complexity index is 974. The molecule has 27 heavy (non-hydrogen) atoms. The van der Waals surface area contributed by atoms with Crippen molar-refractivity contribution in [3.05, 3.63) is 75.7 Å². The molecule has 1 aliphatic rings. The Labute approximate surface area is 155 Å². The van der Waals surface area contributed by atoms with Gasteiger partial charge in [0.05, 0.1) is 0 Å². The van der Waals surface area contributed by atoms with Crippen LogP contribution in [-0.2, 0) is 25.8 Å². The molecule has 1 amide bonds. The van der Waals surface area contributed by atoms with Crippen molar-refractivity contribution in [1.29, 1.82) is 0 Å². The lowest BCUT2D eigenvalue weighted by atomic mass is 10.1. The molecule has 0 unspecified atom stereocenters. The van der Waals surface area contributed by atoms with Gasteiger partial charge in [0, 0.05) is 38.5 Å². The number of nitrogens with zero attached hydrogens (tertiary/aromatic N) is 5. The van der Waals surface area contributed by atoms with Crippen LogP contribution in [0.3, 0.4) is 0 Å². The maximum Gasteiger partial charge on any atom is 0.274 e. The van der Waals surface area contributed by atoms with Crippen LogP contribution in [0.15, 0.2) is 47.3 Å². The lowest BCUT2D eigenvalue weighted by Crippen LogP contribution is -2.34. The summed E-state index contributed by atoms with van der Waals surface area (Å²) in [5, 5.41) is 14.8. The van der Waals surface area contributed by atoms with Crippen LogP contribution < -0.4 is 5.56 Å². The first kappa shape index (κ1) is 17.1. The highest BCUT2D eigenvalue weighted by Crippen LogP contribution is 2.13. The first-order chi connectivity index (χ1) is 13.2. The molecule has 138 valence electrons. The largest absolute Gasteiger partial charge is 0.335 e. The van der Waals surface area contributed by atoms with Crippen LogP contribution in [0, 0.1) is 0 Å². The number of carbonyl (C=O) groups excluding carboxylic acids is 1. The van der Waals surface area contributed by atoms with E-state index in [0.717, 1.165) is 24.5 Å². The van der Waals surface area contributed by atoms with Gasteiger partial charge in [-0.25, -0.2) is 5.10 Å². The SMILES string of the molecule is O=C(c1ccc(=O)[nH]n1)N1CCc2nnc(CCc3ccccc3)n2CC1. The Morgan fingerprint density at radius 3 is 2.63 bits per heavy atom. The lowest BCUT2D eigenvalue weighted by Gasteiger charge is -2.19. The molecule has 0 saturated heterocycles. The van der Waals surface area contributed by atoms with Crippen molar-refractivity contribution in [3.8, 4) is 0 Å². The summed E-state index contributed by atoms with van der Waals surface area (Å²) in [5.74, 6) is 1.67. The number of rotatable bonds is 4. The highest BCUT2D eigenvalue weighted by Gasteiger charge is 2.23. The van der Waals surface area contributed by atoms with Gasteiger partial charge in [0.1, 0.15) is 17.3 Å². The van der Waals surface area contributed by atoms with Crippen molar-refractivity contribution in [3.63, 3.8) is 0 Å². The zero-order valence-corrected chi connectivity index (χ0v) is 14.8. The molecule has 0 spiro atoms. The second kappa shape index (κ2) is 7.53. The van der Waals surface area contributed by atoms with Crippen molar-refractivity contribution in [2.24, 2.45) is 0 Å². The molecule has 0 saturated carbocycles. The van der Waals surface area contributed by atoms with Gasteiger partial charge in [0.25, 0.3) is 11.5 Å². The predicted octanol–water partition coefficient (Wildman–Crippen LogP) is 0.845. The average Bonchev–Trinajstić information content (AvgIpc) is 2.96. The number of fused-ring (bicyclic) bond motifs is 1. The summed E-state index contributed by atoms with van der Waals surface area (Å²) in [6.45, 7) is 1.76. The van der Waals surface area contributed by atoms with Crippen molar-refractivity contribution in [2.45, 2.75) is 25.8 Å². The predicted molar refractivity (Wildman–Crippen MR) is 98.3 cm³/mol. The van der Waals surface area contributed by atoms with Gasteiger partial charge in [-0.3, -0.25) is 9.59 Å². The maximum absolute atomic E-state index is 12.6. The van der Waals surface area contributed by atoms with Gasteiger partial charge in [0.2, 0.25) is 0 Å². The van der Waals surface area contributed by atoms with Crippen LogP contribution in [0.2, 0.25) is 0 Å². The molecule has 2 aromatic heterocycles. The highest BCUT2D eigenvalue weighted by molar-refractivity contribution is 5.92. The number of benzene rings is 1. The zero-order chi connectivity index (χ0) is 18.6. The normalized spacial score (nSPS) is 13.9. The third kappa shape index (κ3) is 3.79. The van der Waals surface area contributed by atoms with Crippen LogP contribution in [-0.4, -0.2) is 48.9 Å². The third-order valence-corrected chi connectivity index (χ3v) is 4.77. The van der Waals surface area contributed by atoms with Gasteiger partial charge in [-0.05, 0) is 18.1 Å². The van der Waals surface area contributed by atoms with Gasteiger partial charge in [-0.15, -0.1) is 10.2 Å². The second-order valence-electron chi connectivity index (χ2n) is 6.52. The van der Waals surface area contributed by atoms with Crippen LogP contribution in [0.25, 0.3) is 0 Å². The molecule has 0 aliphatic carbocycles. The minimum absolute atomic E-state index is 0.184. The summed E-state index contributed by atoms with van der Waals surface area (Å²) >= 11 is 0. The molecule has 3 heterocycles. The number of hydrogen-bond acceptors (Lipinski definition) is 5. The van der Waals surface area contributed by atoms with E-state index in [4.69, 9.17) is 0 Å². The first-order valence-corrected chi connectivity index (χ1v) is 9.00. The zero-order valence-electron chi connectivity index (χ0n) is 14.8. The Morgan fingerprint density at radius 2 is 1.85 bits per heavy atom. The standard InChI is InChI=1S/C19H20N6O2/c26-18-9-7-15(20-23-18)19(27)24-11-10-17-22-21-16(25(17)13-12-24)8-6-14-4-2-1-3-5-14/h1-5,7,9H,6,8,10-13H2,(H,23,26). The summed E-state index contributed by atoms with van der Waals surface area (Å²) in [5.41, 5.74) is 1.19. The van der Waals surface area contributed by atoms with Crippen molar-refractivity contribution in [2.75, 3.05) is 13.1 Å². The van der Waals surface area contributed by atoms with Crippen molar-refractivity contribution >= 4 is 5.91 Å². The monoisotopic (exact) mass is 364 g/mol. The summed E-state index contributed by atoms with van der Waals surface area (Å²) in [4.78, 5) is 25.5. The minimum Gasteiger partial charge on any atom is -0.335 e. The lowest BCUT2D eigenvalue weighted by molar-refractivity contribution is 0.0751. The molecule has 4 rings (SSSR count). The fourth-order valence-electron chi connectivity index (χ4n) is 3.30. The highest BCUT2D eigenvalue weighted by atomic mass is 16.2. The first-order valence-electron chi connectivity index (χ1n) is 9.00. The van der Waals surface area contributed by atoms with Crippen molar-refractivity contribution < 1.29 is 4.79 Å². The summed E-state index contributed by atoms with van der Waals surface area (Å²) in [6.07, 6.45) is 2.36. The minimum atomic E-state index is -0.323. The third-order valence-electron chi connectivity index (χ3n) is 4.77. The molecular formula is C19H20N6O2. The topological polar surface area (TPSA) is 96.8 Å². The van der Waals surface area contributed by atoms with Crippen molar-refractivity contribution in [1.82, 2.24) is 29.9 Å². The van der Waals surface area contributed by atoms with Crippen LogP contribution in [0.5, 0.6) is 0 Å². The van der Waals surface area contributed by atoms with E-state index in [1.54, 1.807) is 4.90 Å². The molecule has 1 N–H and O–H groups in total. The van der Waals surface area contributed by atoms with E-state index >= 15 is 0 Å². The summed E-state index contributed by atoms with van der Waals surface area (Å²) in [7, 11) is 0. The molecule has 8 nitrogen and oxygen atoms in total. The number of H-pyrrole nitrogens is 1. The molecular weight excluding hydrogens is 344 g/mol. The van der Waals surface area contributed by atoms with Gasteiger partial charge in [0.15, 0.2) is 0 Å². The average molecular weight is 364 g/mol. The maximum atomic E-state index is 12.6.